The summed E-state index contributed by atoms with van der Waals surface area (Å²) in [5.74, 6) is 1.53. The summed E-state index contributed by atoms with van der Waals surface area (Å²) in [5, 5.41) is 0. The molecule has 0 heterocycles. The van der Waals surface area contributed by atoms with Gasteiger partial charge in [0.05, 0.1) is 0 Å². The van der Waals surface area contributed by atoms with Gasteiger partial charge < -0.3 is 4.74 Å². The monoisotopic (exact) mass is 154 g/mol. The van der Waals surface area contributed by atoms with E-state index >= 15 is 0 Å². The fourth-order valence-corrected chi connectivity index (χ4v) is 0.458. The fraction of sp³-hybridized carbons (Fsp3) is 0.667. The van der Waals surface area contributed by atoms with Gasteiger partial charge in [-0.15, -0.1) is 6.42 Å². The number of carbonyl (C=O) groups excluding carboxylic acids is 1. The molecule has 0 aliphatic rings. The Labute approximate surface area is 67.9 Å². The highest BCUT2D eigenvalue weighted by Gasteiger charge is 2.19. The summed E-state index contributed by atoms with van der Waals surface area (Å²) in [5.41, 5.74) is -0.442. The molecule has 0 saturated heterocycles. The predicted molar refractivity (Wildman–Crippen MR) is 43.8 cm³/mol. The van der Waals surface area contributed by atoms with Crippen LogP contribution in [0.5, 0.6) is 0 Å². The Balaban J connectivity index is 4.01. The molecule has 0 aromatic rings. The lowest BCUT2D eigenvalue weighted by molar-refractivity contribution is -0.157. The van der Waals surface area contributed by atoms with E-state index in [2.05, 4.69) is 5.92 Å². The maximum Gasteiger partial charge on any atom is 0.321 e. The zero-order valence-corrected chi connectivity index (χ0v) is 7.47. The van der Waals surface area contributed by atoms with Gasteiger partial charge in [0.2, 0.25) is 0 Å². The average molecular weight is 154 g/mol. The zero-order valence-electron chi connectivity index (χ0n) is 7.47. The van der Waals surface area contributed by atoms with Gasteiger partial charge in [0.25, 0.3) is 0 Å². The van der Waals surface area contributed by atoms with E-state index in [0.717, 1.165) is 0 Å². The minimum atomic E-state index is -0.450. The van der Waals surface area contributed by atoms with Crippen LogP contribution >= 0.6 is 0 Å². The molecular formula is C9H14O2. The lowest BCUT2D eigenvalue weighted by Gasteiger charge is -2.20. The Morgan fingerprint density at radius 1 is 1.55 bits per heavy atom. The minimum absolute atomic E-state index is 0.333. The number of ether oxygens (including phenoxy) is 1. The molecule has 0 amide bonds. The van der Waals surface area contributed by atoms with Crippen molar-refractivity contribution in [2.45, 2.75) is 33.3 Å². The van der Waals surface area contributed by atoms with Crippen LogP contribution in [0.2, 0.25) is 0 Å². The smallest absolute Gasteiger partial charge is 0.321 e. The molecule has 0 saturated carbocycles. The SMILES string of the molecule is C#C[C@@H](C)C(=O)OC(C)(C)C. The highest BCUT2D eigenvalue weighted by Crippen LogP contribution is 2.10. The van der Waals surface area contributed by atoms with Gasteiger partial charge in [-0.2, -0.15) is 0 Å². The van der Waals surface area contributed by atoms with Crippen molar-refractivity contribution in [3.8, 4) is 12.3 Å². The number of terminal acetylenes is 1. The molecule has 2 nitrogen and oxygen atoms in total. The maximum absolute atomic E-state index is 11.0. The molecule has 0 radical (unpaired) electrons. The first kappa shape index (κ1) is 10.0. The first-order valence-electron chi connectivity index (χ1n) is 3.56. The predicted octanol–water partition coefficient (Wildman–Crippen LogP) is 1.60. The summed E-state index contributed by atoms with van der Waals surface area (Å²) in [6, 6.07) is 0. The molecule has 0 rings (SSSR count). The summed E-state index contributed by atoms with van der Waals surface area (Å²) in [4.78, 5) is 11.0. The molecule has 0 aromatic heterocycles. The van der Waals surface area contributed by atoms with Crippen LogP contribution in [0, 0.1) is 18.3 Å². The molecule has 2 heteroatoms. The van der Waals surface area contributed by atoms with Gasteiger partial charge in [-0.1, -0.05) is 5.92 Å². The first-order valence-corrected chi connectivity index (χ1v) is 3.56. The number of esters is 1. The Kier molecular flexibility index (Phi) is 3.13. The van der Waals surface area contributed by atoms with Crippen molar-refractivity contribution >= 4 is 5.97 Å². The fourth-order valence-electron chi connectivity index (χ4n) is 0.458. The van der Waals surface area contributed by atoms with Crippen molar-refractivity contribution in [1.29, 1.82) is 0 Å². The Morgan fingerprint density at radius 2 is 2.00 bits per heavy atom. The third-order valence-electron chi connectivity index (χ3n) is 1.01. The third-order valence-corrected chi connectivity index (χ3v) is 1.01. The molecule has 1 atom stereocenters. The van der Waals surface area contributed by atoms with E-state index < -0.39 is 11.5 Å². The van der Waals surface area contributed by atoms with Crippen molar-refractivity contribution in [2.75, 3.05) is 0 Å². The van der Waals surface area contributed by atoms with Crippen LogP contribution in [0.25, 0.3) is 0 Å². The van der Waals surface area contributed by atoms with Crippen molar-refractivity contribution in [3.05, 3.63) is 0 Å². The van der Waals surface area contributed by atoms with Crippen LogP contribution < -0.4 is 0 Å². The molecule has 0 aromatic carbocycles. The van der Waals surface area contributed by atoms with Crippen molar-refractivity contribution < 1.29 is 9.53 Å². The molecule has 0 aliphatic carbocycles. The van der Waals surface area contributed by atoms with Crippen LogP contribution in [0.3, 0.4) is 0 Å². The molecule has 0 aliphatic heterocycles. The molecule has 62 valence electrons. The molecular weight excluding hydrogens is 140 g/mol. The normalized spacial score (nSPS) is 13.4. The van der Waals surface area contributed by atoms with Gasteiger partial charge in [0, 0.05) is 0 Å². The second kappa shape index (κ2) is 3.43. The lowest BCUT2D eigenvalue weighted by atomic mass is 10.1. The van der Waals surface area contributed by atoms with Gasteiger partial charge in [-0.05, 0) is 27.7 Å². The summed E-state index contributed by atoms with van der Waals surface area (Å²) in [6.07, 6.45) is 5.04. The van der Waals surface area contributed by atoms with Crippen LogP contribution in [0.15, 0.2) is 0 Å². The van der Waals surface area contributed by atoms with E-state index in [1.165, 1.54) is 0 Å². The Bertz CT molecular complexity index is 181. The van der Waals surface area contributed by atoms with Gasteiger partial charge in [-0.3, -0.25) is 4.79 Å². The van der Waals surface area contributed by atoms with Crippen LogP contribution in [-0.2, 0) is 9.53 Å². The summed E-state index contributed by atoms with van der Waals surface area (Å²) >= 11 is 0. The first-order chi connectivity index (χ1) is 4.87. The average Bonchev–Trinajstić information content (AvgIpc) is 1.82. The van der Waals surface area contributed by atoms with Crippen molar-refractivity contribution in [3.63, 3.8) is 0 Å². The molecule has 0 unspecified atom stereocenters. The van der Waals surface area contributed by atoms with Gasteiger partial charge in [0.15, 0.2) is 0 Å². The number of hydrogen-bond donors (Lipinski definition) is 0. The largest absolute Gasteiger partial charge is 0.459 e. The Hall–Kier alpha value is -0.970. The van der Waals surface area contributed by atoms with E-state index in [9.17, 15) is 4.79 Å². The zero-order chi connectivity index (χ0) is 9.07. The Morgan fingerprint density at radius 3 is 2.27 bits per heavy atom. The highest BCUT2D eigenvalue weighted by molar-refractivity contribution is 5.75. The van der Waals surface area contributed by atoms with Crippen LogP contribution in [0.4, 0.5) is 0 Å². The number of rotatable bonds is 1. The maximum atomic E-state index is 11.0. The van der Waals surface area contributed by atoms with E-state index in [0.29, 0.717) is 0 Å². The van der Waals surface area contributed by atoms with E-state index in [1.807, 2.05) is 20.8 Å². The van der Waals surface area contributed by atoms with Gasteiger partial charge in [0.1, 0.15) is 11.5 Å². The second-order valence-electron chi connectivity index (χ2n) is 3.42. The highest BCUT2D eigenvalue weighted by atomic mass is 16.6. The van der Waals surface area contributed by atoms with Gasteiger partial charge in [-0.25, -0.2) is 0 Å². The molecule has 0 bridgehead atoms. The molecule has 0 N–H and O–H groups in total. The number of hydrogen-bond acceptors (Lipinski definition) is 2. The lowest BCUT2D eigenvalue weighted by Crippen LogP contribution is -2.27. The van der Waals surface area contributed by atoms with Crippen molar-refractivity contribution in [1.82, 2.24) is 0 Å². The standard InChI is InChI=1S/C9H14O2/c1-6-7(2)8(10)11-9(3,4)5/h1,7H,2-5H3/t7-/m1/s1. The second-order valence-corrected chi connectivity index (χ2v) is 3.42. The quantitative estimate of drug-likeness (QED) is 0.423. The van der Waals surface area contributed by atoms with E-state index in [4.69, 9.17) is 11.2 Å². The third kappa shape index (κ3) is 4.44. The summed E-state index contributed by atoms with van der Waals surface area (Å²) < 4.78 is 5.01. The molecule has 0 fully saturated rings. The van der Waals surface area contributed by atoms with Crippen LogP contribution in [-0.4, -0.2) is 11.6 Å². The minimum Gasteiger partial charge on any atom is -0.459 e. The van der Waals surface area contributed by atoms with Crippen molar-refractivity contribution in [2.24, 2.45) is 5.92 Å². The molecule has 0 spiro atoms. The molecule has 11 heavy (non-hydrogen) atoms. The van der Waals surface area contributed by atoms with Gasteiger partial charge >= 0.3 is 5.97 Å². The summed E-state index contributed by atoms with van der Waals surface area (Å²) in [6.45, 7) is 7.09. The topological polar surface area (TPSA) is 26.3 Å². The van der Waals surface area contributed by atoms with Crippen LogP contribution in [0.1, 0.15) is 27.7 Å². The number of carbonyl (C=O) groups is 1. The summed E-state index contributed by atoms with van der Waals surface area (Å²) in [7, 11) is 0. The van der Waals surface area contributed by atoms with E-state index in [-0.39, 0.29) is 5.97 Å². The van der Waals surface area contributed by atoms with E-state index in [1.54, 1.807) is 6.92 Å².